The first-order valence-electron chi connectivity index (χ1n) is 2.65. The molecule has 0 bridgehead atoms. The number of aliphatic hydroxyl groups is 1. The van der Waals surface area contributed by atoms with E-state index < -0.39 is 0 Å². The second-order valence-electron chi connectivity index (χ2n) is 1.91. The minimum atomic E-state index is 0.130. The first-order valence-corrected chi connectivity index (χ1v) is 2.65. The fourth-order valence-electron chi connectivity index (χ4n) is 0.686. The summed E-state index contributed by atoms with van der Waals surface area (Å²) in [6.45, 7) is 1.81. The number of rotatable bonds is 0. The van der Waals surface area contributed by atoms with E-state index in [0.717, 1.165) is 5.71 Å². The van der Waals surface area contributed by atoms with Crippen LogP contribution in [0.15, 0.2) is 17.1 Å². The topological polar surface area (TPSA) is 47.9 Å². The third-order valence-corrected chi connectivity index (χ3v) is 0.930. The van der Waals surface area contributed by atoms with Crippen LogP contribution in [0.2, 0.25) is 0 Å². The van der Waals surface area contributed by atoms with Crippen molar-refractivity contribution in [3.8, 4) is 0 Å². The molecule has 2 N–H and O–H groups in total. The van der Waals surface area contributed by atoms with Crippen LogP contribution in [-0.2, 0) is 0 Å². The lowest BCUT2D eigenvalue weighted by Gasteiger charge is -2.18. The third kappa shape index (κ3) is 1.35. The summed E-state index contributed by atoms with van der Waals surface area (Å²) in [5.41, 5.74) is 3.36. The first kappa shape index (κ1) is 5.94. The molecule has 0 atom stereocenters. The zero-order valence-corrected chi connectivity index (χ0v) is 5.42. The fraction of sp³-hybridized carbons (Fsp3) is 0.400. The summed E-state index contributed by atoms with van der Waals surface area (Å²) in [7, 11) is 1.72. The van der Waals surface area contributed by atoms with Crippen molar-refractivity contribution >= 4 is 5.71 Å². The van der Waals surface area contributed by atoms with Gasteiger partial charge in [-0.15, -0.1) is 0 Å². The van der Waals surface area contributed by atoms with Crippen molar-refractivity contribution in [2.75, 3.05) is 7.05 Å². The van der Waals surface area contributed by atoms with Crippen LogP contribution >= 0.6 is 0 Å². The molecule has 0 fully saturated rings. The molecular weight excluding hydrogens is 118 g/mol. The molecule has 0 radical (unpaired) electrons. The first-order chi connectivity index (χ1) is 4.18. The molecule has 0 amide bonds. The second-order valence-corrected chi connectivity index (χ2v) is 1.91. The Hall–Kier alpha value is -1.19. The van der Waals surface area contributed by atoms with Gasteiger partial charge in [-0.2, -0.15) is 5.10 Å². The van der Waals surface area contributed by atoms with E-state index in [4.69, 9.17) is 5.11 Å². The van der Waals surface area contributed by atoms with Crippen molar-refractivity contribution in [3.05, 3.63) is 12.0 Å². The number of hydrazine groups is 1. The fourth-order valence-corrected chi connectivity index (χ4v) is 0.686. The van der Waals surface area contributed by atoms with E-state index >= 15 is 0 Å². The van der Waals surface area contributed by atoms with Crippen LogP contribution in [0.5, 0.6) is 0 Å². The maximum atomic E-state index is 8.88. The molecule has 0 aliphatic carbocycles. The van der Waals surface area contributed by atoms with Crippen LogP contribution in [0.3, 0.4) is 0 Å². The Morgan fingerprint density at radius 1 is 1.78 bits per heavy atom. The smallest absolute Gasteiger partial charge is 0.206 e. The number of hydrazone groups is 1. The van der Waals surface area contributed by atoms with Crippen molar-refractivity contribution in [2.24, 2.45) is 5.10 Å². The van der Waals surface area contributed by atoms with E-state index in [-0.39, 0.29) is 5.88 Å². The Kier molecular flexibility index (Phi) is 1.30. The Labute approximate surface area is 53.4 Å². The maximum Gasteiger partial charge on any atom is 0.206 e. The quantitative estimate of drug-likeness (QED) is 0.489. The van der Waals surface area contributed by atoms with Crippen LogP contribution < -0.4 is 5.43 Å². The van der Waals surface area contributed by atoms with Crippen molar-refractivity contribution in [1.82, 2.24) is 10.5 Å². The van der Waals surface area contributed by atoms with Crippen LogP contribution in [0.25, 0.3) is 0 Å². The number of aliphatic hydroxyl groups excluding tert-OH is 1. The molecule has 0 aromatic rings. The van der Waals surface area contributed by atoms with E-state index in [0.29, 0.717) is 0 Å². The predicted octanol–water partition coefficient (Wildman–Crippen LogP) is 0.212. The van der Waals surface area contributed by atoms with Crippen LogP contribution in [0.1, 0.15) is 6.92 Å². The van der Waals surface area contributed by atoms with Gasteiger partial charge in [-0.1, -0.05) is 0 Å². The van der Waals surface area contributed by atoms with Crippen molar-refractivity contribution < 1.29 is 5.11 Å². The molecule has 9 heavy (non-hydrogen) atoms. The maximum absolute atomic E-state index is 8.88. The van der Waals surface area contributed by atoms with Gasteiger partial charge in [0.2, 0.25) is 5.88 Å². The van der Waals surface area contributed by atoms with E-state index in [2.05, 4.69) is 10.5 Å². The molecular formula is C5H9N3O. The Bertz CT molecular complexity index is 173. The molecule has 0 spiro atoms. The molecule has 4 nitrogen and oxygen atoms in total. The molecule has 1 aliphatic rings. The van der Waals surface area contributed by atoms with Gasteiger partial charge in [-0.3, -0.25) is 5.43 Å². The second kappa shape index (κ2) is 1.97. The number of nitrogens with zero attached hydrogens (tertiary/aromatic N) is 2. The van der Waals surface area contributed by atoms with Crippen molar-refractivity contribution in [2.45, 2.75) is 6.92 Å². The molecule has 1 aliphatic heterocycles. The van der Waals surface area contributed by atoms with Crippen molar-refractivity contribution in [3.63, 3.8) is 0 Å². The largest absolute Gasteiger partial charge is 0.494 e. The summed E-state index contributed by atoms with van der Waals surface area (Å²) < 4.78 is 0. The SMILES string of the molecule is CC1=NN(C)NC(O)=C1. The molecule has 4 heteroatoms. The van der Waals surface area contributed by atoms with E-state index in [1.165, 1.54) is 5.12 Å². The zero-order chi connectivity index (χ0) is 6.85. The minimum absolute atomic E-state index is 0.130. The number of allylic oxidation sites excluding steroid dienone is 1. The summed E-state index contributed by atoms with van der Waals surface area (Å²) in [4.78, 5) is 0. The monoisotopic (exact) mass is 127 g/mol. The van der Waals surface area contributed by atoms with Gasteiger partial charge in [0.15, 0.2) is 0 Å². The molecule has 1 heterocycles. The molecule has 1 rings (SSSR count). The Morgan fingerprint density at radius 3 is 2.89 bits per heavy atom. The Balaban J connectivity index is 2.74. The van der Waals surface area contributed by atoms with Gasteiger partial charge in [0.05, 0.1) is 5.71 Å². The lowest BCUT2D eigenvalue weighted by molar-refractivity contribution is 0.201. The van der Waals surface area contributed by atoms with Gasteiger partial charge >= 0.3 is 0 Å². The normalized spacial score (nSPS) is 18.2. The summed E-state index contributed by atoms with van der Waals surface area (Å²) in [6.07, 6.45) is 1.56. The number of nitrogens with one attached hydrogen (secondary N) is 1. The standard InChI is InChI=1S/C5H9N3O/c1-4-3-5(9)7-8(2)6-4/h3,7,9H,1-2H3. The molecule has 0 unspecified atom stereocenters. The highest BCUT2D eigenvalue weighted by molar-refractivity contribution is 5.93. The zero-order valence-electron chi connectivity index (χ0n) is 5.42. The van der Waals surface area contributed by atoms with Gasteiger partial charge in [-0.05, 0) is 6.92 Å². The summed E-state index contributed by atoms with van der Waals surface area (Å²) in [5, 5.41) is 14.3. The van der Waals surface area contributed by atoms with Gasteiger partial charge < -0.3 is 5.11 Å². The lowest BCUT2D eigenvalue weighted by Crippen LogP contribution is -2.32. The average Bonchev–Trinajstić information content (AvgIpc) is 1.59. The highest BCUT2D eigenvalue weighted by atomic mass is 16.3. The Morgan fingerprint density at radius 2 is 2.44 bits per heavy atom. The van der Waals surface area contributed by atoms with Crippen molar-refractivity contribution in [1.29, 1.82) is 0 Å². The van der Waals surface area contributed by atoms with Gasteiger partial charge in [0, 0.05) is 13.1 Å². The summed E-state index contributed by atoms with van der Waals surface area (Å²) >= 11 is 0. The van der Waals surface area contributed by atoms with Crippen LogP contribution in [0.4, 0.5) is 0 Å². The predicted molar refractivity (Wildman–Crippen MR) is 34.7 cm³/mol. The van der Waals surface area contributed by atoms with E-state index in [9.17, 15) is 0 Å². The lowest BCUT2D eigenvalue weighted by atomic mass is 10.4. The van der Waals surface area contributed by atoms with Gasteiger partial charge in [-0.25, -0.2) is 5.12 Å². The highest BCUT2D eigenvalue weighted by Crippen LogP contribution is 1.95. The van der Waals surface area contributed by atoms with Gasteiger partial charge in [0.1, 0.15) is 0 Å². The molecule has 0 saturated carbocycles. The highest BCUT2D eigenvalue weighted by Gasteiger charge is 2.02. The number of hydrogen-bond donors (Lipinski definition) is 2. The summed E-state index contributed by atoms with van der Waals surface area (Å²) in [5.74, 6) is 0.130. The van der Waals surface area contributed by atoms with E-state index in [1.54, 1.807) is 13.1 Å². The number of hydrogen-bond acceptors (Lipinski definition) is 4. The van der Waals surface area contributed by atoms with Gasteiger partial charge in [0.25, 0.3) is 0 Å². The third-order valence-electron chi connectivity index (χ3n) is 0.930. The minimum Gasteiger partial charge on any atom is -0.494 e. The molecule has 0 aromatic heterocycles. The molecule has 0 saturated heterocycles. The van der Waals surface area contributed by atoms with E-state index in [1.807, 2.05) is 6.92 Å². The molecule has 0 aromatic carbocycles. The molecule has 50 valence electrons. The average molecular weight is 127 g/mol. The van der Waals surface area contributed by atoms with Crippen LogP contribution in [-0.4, -0.2) is 23.0 Å². The summed E-state index contributed by atoms with van der Waals surface area (Å²) in [6, 6.07) is 0. The van der Waals surface area contributed by atoms with Crippen LogP contribution in [0, 0.1) is 0 Å².